The van der Waals surface area contributed by atoms with E-state index in [1.807, 2.05) is 16.0 Å². The van der Waals surface area contributed by atoms with Crippen LogP contribution in [0.15, 0.2) is 41.8 Å². The molecule has 0 amide bonds. The van der Waals surface area contributed by atoms with Crippen molar-refractivity contribution in [2.75, 3.05) is 11.9 Å². The summed E-state index contributed by atoms with van der Waals surface area (Å²) in [6.07, 6.45) is 2.52. The van der Waals surface area contributed by atoms with Gasteiger partial charge in [0.05, 0.1) is 11.4 Å². The monoisotopic (exact) mass is 389 g/mol. The van der Waals surface area contributed by atoms with Gasteiger partial charge in [0, 0.05) is 18.5 Å². The Morgan fingerprint density at radius 3 is 2.92 bits per heavy atom. The highest BCUT2D eigenvalue weighted by Crippen LogP contribution is 2.24. The van der Waals surface area contributed by atoms with Crippen molar-refractivity contribution < 1.29 is 4.90 Å². The quantitative estimate of drug-likeness (QED) is 0.643. The minimum Gasteiger partial charge on any atom is -0.330 e. The number of likely N-dealkylation sites (tertiary alicyclic amines) is 1. The van der Waals surface area contributed by atoms with Gasteiger partial charge < -0.3 is 10.2 Å². The number of nitrogens with one attached hydrogen (secondary N) is 2. The van der Waals surface area contributed by atoms with Gasteiger partial charge in [0.1, 0.15) is 6.04 Å². The van der Waals surface area contributed by atoms with Gasteiger partial charge in [-0.15, -0.1) is 16.4 Å². The molecule has 0 saturated carbocycles. The lowest BCUT2D eigenvalue weighted by Crippen LogP contribution is -3.09. The van der Waals surface area contributed by atoms with Crippen molar-refractivity contribution >= 4 is 45.7 Å². The predicted octanol–water partition coefficient (Wildman–Crippen LogP) is 4.17. The largest absolute Gasteiger partial charge is 0.330 e. The molecule has 7 heteroatoms. The third-order valence-corrected chi connectivity index (χ3v) is 6.84. The van der Waals surface area contributed by atoms with Crippen LogP contribution in [0, 0.1) is 10.9 Å². The van der Waals surface area contributed by atoms with Gasteiger partial charge in [-0.25, -0.2) is 0 Å². The number of aryl methyl sites for hydroxylation is 1. The second kappa shape index (κ2) is 7.37. The van der Waals surface area contributed by atoms with Crippen molar-refractivity contribution in [3.63, 3.8) is 0 Å². The fraction of sp³-hybridized carbons (Fsp3) is 0.333. The Morgan fingerprint density at radius 1 is 1.32 bits per heavy atom. The topological polar surface area (TPSA) is 34.3 Å². The maximum Gasteiger partial charge on any atom is 0.209 e. The number of quaternary nitrogens is 1. The number of nitrogens with zero attached hydrogens (tertiary/aromatic N) is 2. The van der Waals surface area contributed by atoms with Crippen LogP contribution >= 0.6 is 34.9 Å². The number of rotatable bonds is 5. The van der Waals surface area contributed by atoms with Gasteiger partial charge in [-0.05, 0) is 42.7 Å². The van der Waals surface area contributed by atoms with E-state index in [0.717, 1.165) is 21.4 Å². The Kier molecular flexibility index (Phi) is 4.98. The van der Waals surface area contributed by atoms with Crippen LogP contribution in [0.25, 0.3) is 0 Å². The summed E-state index contributed by atoms with van der Waals surface area (Å²) >= 11 is 8.95. The number of hydrogen-bond donors (Lipinski definition) is 2. The molecule has 2 atom stereocenters. The summed E-state index contributed by atoms with van der Waals surface area (Å²) in [7, 11) is 0. The van der Waals surface area contributed by atoms with Crippen molar-refractivity contribution in [3.05, 3.63) is 56.2 Å². The number of benzene rings is 1. The lowest BCUT2D eigenvalue weighted by molar-refractivity contribution is -0.941. The molecule has 2 N–H and O–H groups in total. The van der Waals surface area contributed by atoms with E-state index >= 15 is 0 Å². The molecule has 4 rings (SSSR count). The summed E-state index contributed by atoms with van der Waals surface area (Å²) in [5.74, 6) is 0. The Hall–Kier alpha value is -1.54. The van der Waals surface area contributed by atoms with E-state index in [1.165, 1.54) is 29.8 Å². The lowest BCUT2D eigenvalue weighted by atomic mass is 10.2. The van der Waals surface area contributed by atoms with Crippen LogP contribution in [0.5, 0.6) is 0 Å². The van der Waals surface area contributed by atoms with E-state index in [2.05, 4.69) is 54.0 Å². The fourth-order valence-corrected chi connectivity index (χ4v) is 5.29. The molecule has 0 spiro atoms. The van der Waals surface area contributed by atoms with Crippen LogP contribution in [0.1, 0.15) is 29.3 Å². The molecule has 0 aliphatic carbocycles. The van der Waals surface area contributed by atoms with Gasteiger partial charge >= 0.3 is 0 Å². The number of hydrogen-bond acceptors (Lipinski definition) is 5. The summed E-state index contributed by atoms with van der Waals surface area (Å²) < 4.78 is 2.82. The van der Waals surface area contributed by atoms with Crippen LogP contribution in [-0.4, -0.2) is 16.3 Å². The molecule has 1 fully saturated rings. The molecule has 3 aromatic rings. The van der Waals surface area contributed by atoms with Crippen molar-refractivity contribution in [2.24, 2.45) is 0 Å². The minimum absolute atomic E-state index is 0.581. The van der Waals surface area contributed by atoms with Gasteiger partial charge in [0.25, 0.3) is 0 Å². The van der Waals surface area contributed by atoms with Crippen molar-refractivity contribution in [1.29, 1.82) is 0 Å². The zero-order valence-corrected chi connectivity index (χ0v) is 16.5. The average Bonchev–Trinajstić information content (AvgIpc) is 3.32. The summed E-state index contributed by atoms with van der Waals surface area (Å²) in [6, 6.07) is 13.3. The maximum atomic E-state index is 5.55. The van der Waals surface area contributed by atoms with Crippen molar-refractivity contribution in [3.8, 4) is 0 Å². The van der Waals surface area contributed by atoms with Crippen LogP contribution in [-0.2, 0) is 6.67 Å². The first-order chi connectivity index (χ1) is 12.2. The summed E-state index contributed by atoms with van der Waals surface area (Å²) in [6.45, 7) is 4.11. The maximum absolute atomic E-state index is 5.55. The van der Waals surface area contributed by atoms with Gasteiger partial charge in [-0.2, -0.15) is 4.68 Å². The van der Waals surface area contributed by atoms with Crippen molar-refractivity contribution in [1.82, 2.24) is 9.78 Å². The molecule has 0 radical (unpaired) electrons. The third kappa shape index (κ3) is 3.84. The van der Waals surface area contributed by atoms with E-state index in [4.69, 9.17) is 17.3 Å². The molecule has 1 aliphatic heterocycles. The molecule has 3 heterocycles. The standard InChI is InChI=1S/C18H20N4S3/c1-13-6-8-14(9-7-13)19-17-20-22(18(23)25-17)12-21-10-2-4-15(21)16-5-3-11-24-16/h3,5-9,11,15H,2,4,10,12H2,1H3,(H,19,20)/p+1/t15-/m1/s1. The molecule has 130 valence electrons. The summed E-state index contributed by atoms with van der Waals surface area (Å²) in [5.41, 5.74) is 2.30. The first kappa shape index (κ1) is 16.9. The Morgan fingerprint density at radius 2 is 2.16 bits per heavy atom. The molecular formula is C18H21N4S3+. The molecule has 1 aromatic carbocycles. The van der Waals surface area contributed by atoms with Gasteiger partial charge in [0.15, 0.2) is 10.6 Å². The van der Waals surface area contributed by atoms with Crippen LogP contribution < -0.4 is 10.2 Å². The first-order valence-corrected chi connectivity index (χ1v) is 10.6. The van der Waals surface area contributed by atoms with E-state index in [1.54, 1.807) is 16.2 Å². The normalized spacial score (nSPS) is 20.0. The zero-order chi connectivity index (χ0) is 17.2. The number of aromatic nitrogens is 2. The Bertz CT molecular complexity index is 880. The van der Waals surface area contributed by atoms with Gasteiger partial charge in [-0.3, -0.25) is 0 Å². The molecule has 1 unspecified atom stereocenters. The fourth-order valence-electron chi connectivity index (χ4n) is 3.34. The number of anilines is 2. The van der Waals surface area contributed by atoms with Crippen LogP contribution in [0.4, 0.5) is 10.8 Å². The molecule has 4 nitrogen and oxygen atoms in total. The van der Waals surface area contributed by atoms with E-state index in [-0.39, 0.29) is 0 Å². The second-order valence-corrected chi connectivity index (χ2v) is 9.04. The average molecular weight is 390 g/mol. The molecule has 1 saturated heterocycles. The first-order valence-electron chi connectivity index (χ1n) is 8.49. The van der Waals surface area contributed by atoms with E-state index in [9.17, 15) is 0 Å². The highest BCUT2D eigenvalue weighted by Gasteiger charge is 2.31. The minimum atomic E-state index is 0.581. The van der Waals surface area contributed by atoms with Crippen molar-refractivity contribution in [2.45, 2.75) is 32.5 Å². The molecule has 1 aliphatic rings. The lowest BCUT2D eigenvalue weighted by Gasteiger charge is -2.20. The summed E-state index contributed by atoms with van der Waals surface area (Å²) in [5, 5.41) is 11.1. The predicted molar refractivity (Wildman–Crippen MR) is 108 cm³/mol. The van der Waals surface area contributed by atoms with Gasteiger partial charge in [-0.1, -0.05) is 35.1 Å². The highest BCUT2D eigenvalue weighted by atomic mass is 32.1. The number of thiophene rings is 1. The van der Waals surface area contributed by atoms with Crippen LogP contribution in [0.3, 0.4) is 0 Å². The van der Waals surface area contributed by atoms with Gasteiger partial charge in [0.2, 0.25) is 5.13 Å². The third-order valence-electron chi connectivity index (χ3n) is 4.63. The zero-order valence-electron chi connectivity index (χ0n) is 14.1. The summed E-state index contributed by atoms with van der Waals surface area (Å²) in [4.78, 5) is 3.04. The smallest absolute Gasteiger partial charge is 0.209 e. The molecule has 25 heavy (non-hydrogen) atoms. The Balaban J connectivity index is 1.49. The molecular weight excluding hydrogens is 368 g/mol. The second-order valence-electron chi connectivity index (χ2n) is 6.44. The van der Waals surface area contributed by atoms with Crippen LogP contribution in [0.2, 0.25) is 0 Å². The highest BCUT2D eigenvalue weighted by molar-refractivity contribution is 7.73. The molecule has 2 aromatic heterocycles. The van der Waals surface area contributed by atoms with E-state index < -0.39 is 0 Å². The molecule has 0 bridgehead atoms. The Labute approximate surface area is 160 Å². The SMILES string of the molecule is Cc1ccc(Nc2nn(C[NH+]3CCC[C@@H]3c3cccs3)c(=S)s2)cc1. The van der Waals surface area contributed by atoms with E-state index in [0.29, 0.717) is 6.04 Å².